The Morgan fingerprint density at radius 3 is 2.50 bits per heavy atom. The van der Waals surface area contributed by atoms with E-state index in [1.165, 1.54) is 0 Å². The Bertz CT molecular complexity index is 213. The van der Waals surface area contributed by atoms with E-state index in [-0.39, 0.29) is 5.97 Å². The van der Waals surface area contributed by atoms with E-state index in [4.69, 9.17) is 4.74 Å². The van der Waals surface area contributed by atoms with Gasteiger partial charge in [0.05, 0.1) is 13.2 Å². The Morgan fingerprint density at radius 1 is 1.38 bits per heavy atom. The van der Waals surface area contributed by atoms with E-state index in [1.54, 1.807) is 0 Å². The van der Waals surface area contributed by atoms with Gasteiger partial charge in [-0.3, -0.25) is 9.69 Å². The maximum Gasteiger partial charge on any atom is 0.320 e. The lowest BCUT2D eigenvalue weighted by molar-refractivity contribution is -0.144. The fourth-order valence-electron chi connectivity index (χ4n) is 2.17. The van der Waals surface area contributed by atoms with E-state index in [9.17, 15) is 4.79 Å². The zero-order valence-electron chi connectivity index (χ0n) is 10.7. The minimum atomic E-state index is -0.0928. The summed E-state index contributed by atoms with van der Waals surface area (Å²) in [6.45, 7) is 8.08. The largest absolute Gasteiger partial charge is 0.465 e. The second-order valence-electron chi connectivity index (χ2n) is 4.39. The number of nitrogens with zero attached hydrogens (tertiary/aromatic N) is 2. The fourth-order valence-corrected chi connectivity index (χ4v) is 2.17. The third kappa shape index (κ3) is 4.10. The number of esters is 1. The monoisotopic (exact) mass is 228 g/mol. The highest BCUT2D eigenvalue weighted by Gasteiger charge is 2.22. The van der Waals surface area contributed by atoms with Crippen LogP contribution in [0.2, 0.25) is 0 Å². The van der Waals surface area contributed by atoms with Gasteiger partial charge in [-0.1, -0.05) is 6.92 Å². The molecule has 1 heterocycles. The van der Waals surface area contributed by atoms with Crippen LogP contribution in [0.25, 0.3) is 0 Å². The van der Waals surface area contributed by atoms with Crippen LogP contribution in [-0.4, -0.2) is 61.6 Å². The Hall–Kier alpha value is -0.610. The molecule has 0 saturated carbocycles. The van der Waals surface area contributed by atoms with Gasteiger partial charge in [-0.05, 0) is 33.4 Å². The van der Waals surface area contributed by atoms with Gasteiger partial charge >= 0.3 is 5.97 Å². The van der Waals surface area contributed by atoms with Gasteiger partial charge < -0.3 is 9.64 Å². The third-order valence-electron chi connectivity index (χ3n) is 3.34. The average molecular weight is 228 g/mol. The fraction of sp³-hybridized carbons (Fsp3) is 0.917. The van der Waals surface area contributed by atoms with Gasteiger partial charge in [-0.25, -0.2) is 0 Å². The van der Waals surface area contributed by atoms with E-state index in [0.29, 0.717) is 19.2 Å². The van der Waals surface area contributed by atoms with Crippen molar-refractivity contribution in [3.8, 4) is 0 Å². The molecule has 1 rings (SSSR count). The van der Waals surface area contributed by atoms with Gasteiger partial charge in [0.2, 0.25) is 0 Å². The summed E-state index contributed by atoms with van der Waals surface area (Å²) in [4.78, 5) is 15.9. The molecule has 1 fully saturated rings. The normalized spacial score (nSPS) is 19.0. The molecule has 0 aromatic rings. The van der Waals surface area contributed by atoms with Gasteiger partial charge in [0, 0.05) is 19.1 Å². The summed E-state index contributed by atoms with van der Waals surface area (Å²) in [5, 5.41) is 0. The zero-order valence-corrected chi connectivity index (χ0v) is 10.7. The van der Waals surface area contributed by atoms with E-state index >= 15 is 0 Å². The van der Waals surface area contributed by atoms with E-state index in [2.05, 4.69) is 23.8 Å². The standard InChI is InChI=1S/C12H24N2O2/c1-4-13(3)11-6-8-14(9-7-11)10-12(15)16-5-2/h11H,4-10H2,1-3H3. The number of carbonyl (C=O) groups is 1. The van der Waals surface area contributed by atoms with E-state index < -0.39 is 0 Å². The minimum absolute atomic E-state index is 0.0928. The van der Waals surface area contributed by atoms with Gasteiger partial charge in [-0.2, -0.15) is 0 Å². The van der Waals surface area contributed by atoms with Crippen molar-refractivity contribution in [3.63, 3.8) is 0 Å². The van der Waals surface area contributed by atoms with E-state index in [0.717, 1.165) is 32.5 Å². The van der Waals surface area contributed by atoms with Crippen LogP contribution in [0.4, 0.5) is 0 Å². The lowest BCUT2D eigenvalue weighted by Gasteiger charge is -2.35. The number of ether oxygens (including phenoxy) is 1. The topological polar surface area (TPSA) is 32.8 Å². The molecule has 0 radical (unpaired) electrons. The molecule has 1 aliphatic heterocycles. The molecule has 94 valence electrons. The molecule has 1 aliphatic rings. The van der Waals surface area contributed by atoms with Crippen LogP contribution in [0.1, 0.15) is 26.7 Å². The molecule has 4 nitrogen and oxygen atoms in total. The van der Waals surface area contributed by atoms with Crippen LogP contribution in [0, 0.1) is 0 Å². The molecule has 0 atom stereocenters. The predicted octanol–water partition coefficient (Wildman–Crippen LogP) is 0.966. The summed E-state index contributed by atoms with van der Waals surface area (Å²) < 4.78 is 4.95. The first-order chi connectivity index (χ1) is 7.67. The Balaban J connectivity index is 2.24. The molecule has 16 heavy (non-hydrogen) atoms. The van der Waals surface area contributed by atoms with Crippen molar-refractivity contribution in [2.75, 3.05) is 39.8 Å². The maximum absolute atomic E-state index is 11.3. The van der Waals surface area contributed by atoms with Crippen LogP contribution < -0.4 is 0 Å². The summed E-state index contributed by atoms with van der Waals surface area (Å²) in [7, 11) is 2.17. The first kappa shape index (κ1) is 13.5. The summed E-state index contributed by atoms with van der Waals surface area (Å²) in [6.07, 6.45) is 2.31. The first-order valence-corrected chi connectivity index (χ1v) is 6.25. The SMILES string of the molecule is CCOC(=O)CN1CCC(N(C)CC)CC1. The summed E-state index contributed by atoms with van der Waals surface area (Å²) in [5.41, 5.74) is 0. The van der Waals surface area contributed by atoms with Gasteiger partial charge in [0.1, 0.15) is 0 Å². The quantitative estimate of drug-likeness (QED) is 0.656. The molecule has 0 aliphatic carbocycles. The second kappa shape index (κ2) is 6.86. The van der Waals surface area contributed by atoms with Crippen molar-refractivity contribution in [2.24, 2.45) is 0 Å². The number of hydrogen-bond donors (Lipinski definition) is 0. The van der Waals surface area contributed by atoms with Crippen molar-refractivity contribution in [1.29, 1.82) is 0 Å². The molecule has 0 spiro atoms. The summed E-state index contributed by atoms with van der Waals surface area (Å²) in [5.74, 6) is -0.0928. The van der Waals surface area contributed by atoms with Crippen molar-refractivity contribution >= 4 is 5.97 Å². The number of likely N-dealkylation sites (tertiary alicyclic amines) is 1. The molecule has 0 N–H and O–H groups in total. The third-order valence-corrected chi connectivity index (χ3v) is 3.34. The lowest BCUT2D eigenvalue weighted by Crippen LogP contribution is -2.45. The minimum Gasteiger partial charge on any atom is -0.465 e. The highest BCUT2D eigenvalue weighted by Crippen LogP contribution is 2.14. The Morgan fingerprint density at radius 2 is 2.00 bits per heavy atom. The van der Waals surface area contributed by atoms with Crippen LogP contribution >= 0.6 is 0 Å². The molecular formula is C12H24N2O2. The van der Waals surface area contributed by atoms with Crippen molar-refractivity contribution in [1.82, 2.24) is 9.80 Å². The number of carbonyl (C=O) groups excluding carboxylic acids is 1. The molecule has 0 aromatic carbocycles. The van der Waals surface area contributed by atoms with Crippen LogP contribution in [0.3, 0.4) is 0 Å². The average Bonchev–Trinajstić information content (AvgIpc) is 2.29. The first-order valence-electron chi connectivity index (χ1n) is 6.25. The maximum atomic E-state index is 11.3. The molecule has 4 heteroatoms. The molecule has 0 bridgehead atoms. The summed E-state index contributed by atoms with van der Waals surface area (Å²) >= 11 is 0. The van der Waals surface area contributed by atoms with Crippen molar-refractivity contribution < 1.29 is 9.53 Å². The lowest BCUT2D eigenvalue weighted by atomic mass is 10.0. The van der Waals surface area contributed by atoms with Crippen molar-refractivity contribution in [3.05, 3.63) is 0 Å². The molecular weight excluding hydrogens is 204 g/mol. The van der Waals surface area contributed by atoms with Gasteiger partial charge in [0.25, 0.3) is 0 Å². The van der Waals surface area contributed by atoms with Crippen LogP contribution in [0.5, 0.6) is 0 Å². The van der Waals surface area contributed by atoms with Crippen molar-refractivity contribution in [2.45, 2.75) is 32.7 Å². The van der Waals surface area contributed by atoms with Crippen LogP contribution in [-0.2, 0) is 9.53 Å². The molecule has 0 unspecified atom stereocenters. The highest BCUT2D eigenvalue weighted by atomic mass is 16.5. The molecule has 0 amide bonds. The van der Waals surface area contributed by atoms with Gasteiger partial charge in [0.15, 0.2) is 0 Å². The smallest absolute Gasteiger partial charge is 0.320 e. The van der Waals surface area contributed by atoms with Gasteiger partial charge in [-0.15, -0.1) is 0 Å². The Labute approximate surface area is 98.5 Å². The highest BCUT2D eigenvalue weighted by molar-refractivity contribution is 5.71. The molecule has 0 aromatic heterocycles. The zero-order chi connectivity index (χ0) is 12.0. The summed E-state index contributed by atoms with van der Waals surface area (Å²) in [6, 6.07) is 0.684. The predicted molar refractivity (Wildman–Crippen MR) is 64.4 cm³/mol. The Kier molecular flexibility index (Phi) is 5.77. The number of piperidine rings is 1. The second-order valence-corrected chi connectivity index (χ2v) is 4.39. The van der Waals surface area contributed by atoms with Crippen LogP contribution in [0.15, 0.2) is 0 Å². The number of hydrogen-bond acceptors (Lipinski definition) is 4. The molecule has 1 saturated heterocycles. The number of rotatable bonds is 5. The van der Waals surface area contributed by atoms with E-state index in [1.807, 2.05) is 6.92 Å².